The summed E-state index contributed by atoms with van der Waals surface area (Å²) >= 11 is 0. The lowest BCUT2D eigenvalue weighted by Crippen LogP contribution is -2.47. The van der Waals surface area contributed by atoms with Crippen LogP contribution in [0.2, 0.25) is 0 Å². The van der Waals surface area contributed by atoms with Crippen LogP contribution in [0.15, 0.2) is 85.2 Å². The van der Waals surface area contributed by atoms with Crippen molar-refractivity contribution in [1.82, 2.24) is 4.98 Å². The normalized spacial score (nSPS) is 15.4. The van der Waals surface area contributed by atoms with Crippen molar-refractivity contribution < 1.29 is 18.3 Å². The molecule has 5 heteroatoms. The summed E-state index contributed by atoms with van der Waals surface area (Å²) in [6.45, 7) is 0. The van der Waals surface area contributed by atoms with Gasteiger partial charge in [-0.1, -0.05) is 66.7 Å². The Morgan fingerprint density at radius 2 is 1.32 bits per heavy atom. The summed E-state index contributed by atoms with van der Waals surface area (Å²) in [5, 5.41) is 11.0. The molecular weight excluding hydrogens is 327 g/mol. The molecule has 0 saturated carbocycles. The Morgan fingerprint density at radius 3 is 1.84 bits per heavy atom. The fourth-order valence-corrected chi connectivity index (χ4v) is 3.05. The van der Waals surface area contributed by atoms with E-state index >= 15 is 0 Å². The van der Waals surface area contributed by atoms with Crippen LogP contribution < -0.4 is 0 Å². The number of rotatable bonds is 4. The number of pyridine rings is 1. The highest BCUT2D eigenvalue weighted by Gasteiger charge is 2.60. The van der Waals surface area contributed by atoms with Crippen LogP contribution in [-0.4, -0.2) is 16.3 Å². The number of halogens is 3. The molecule has 0 aliphatic rings. The van der Waals surface area contributed by atoms with Gasteiger partial charge in [0, 0.05) is 12.4 Å². The topological polar surface area (TPSA) is 33.1 Å². The zero-order valence-corrected chi connectivity index (χ0v) is 13.2. The number of hydrogen-bond acceptors (Lipinski definition) is 2. The van der Waals surface area contributed by atoms with Crippen LogP contribution in [-0.2, 0) is 5.60 Å². The molecular formula is C20H16F3NO. The second kappa shape index (κ2) is 6.69. The Morgan fingerprint density at radius 1 is 0.760 bits per heavy atom. The third kappa shape index (κ3) is 3.15. The number of alkyl halides is 3. The quantitative estimate of drug-likeness (QED) is 0.747. The van der Waals surface area contributed by atoms with E-state index in [1.54, 1.807) is 48.5 Å². The number of nitrogens with zero attached hydrogens (tertiary/aromatic N) is 1. The Hall–Kier alpha value is -2.66. The fraction of sp³-hybridized carbons (Fsp3) is 0.150. The van der Waals surface area contributed by atoms with Crippen molar-refractivity contribution in [2.75, 3.05) is 0 Å². The van der Waals surface area contributed by atoms with E-state index in [9.17, 15) is 18.3 Å². The zero-order chi connectivity index (χ0) is 17.9. The average Bonchev–Trinajstić information content (AvgIpc) is 2.63. The molecule has 0 fully saturated rings. The molecule has 1 heterocycles. The van der Waals surface area contributed by atoms with Gasteiger partial charge in [-0.3, -0.25) is 4.98 Å². The fourth-order valence-electron chi connectivity index (χ4n) is 3.05. The molecule has 2 aromatic carbocycles. The highest BCUT2D eigenvalue weighted by atomic mass is 19.4. The van der Waals surface area contributed by atoms with Crippen molar-refractivity contribution in [3.05, 3.63) is 102 Å². The molecule has 2 atom stereocenters. The molecule has 2 nitrogen and oxygen atoms in total. The molecule has 3 rings (SSSR count). The molecule has 0 bridgehead atoms. The van der Waals surface area contributed by atoms with Crippen molar-refractivity contribution in [3.63, 3.8) is 0 Å². The van der Waals surface area contributed by atoms with Crippen LogP contribution in [0.1, 0.15) is 22.6 Å². The smallest absolute Gasteiger partial charge is 0.376 e. The Labute approximate surface area is 143 Å². The summed E-state index contributed by atoms with van der Waals surface area (Å²) in [7, 11) is 0. The van der Waals surface area contributed by atoms with Crippen LogP contribution in [0.25, 0.3) is 0 Å². The monoisotopic (exact) mass is 343 g/mol. The van der Waals surface area contributed by atoms with E-state index in [0.29, 0.717) is 5.56 Å². The standard InChI is InChI=1S/C20H16F3NO/c21-20(22,23)19(25,17-11-5-2-6-12-17)18(15-8-3-1-4-9-15)16-10-7-13-24-14-16/h1-14,18,25H/t18-,19-/m1/s1. The summed E-state index contributed by atoms with van der Waals surface area (Å²) in [5.41, 5.74) is -2.64. The van der Waals surface area contributed by atoms with E-state index in [2.05, 4.69) is 4.98 Å². The van der Waals surface area contributed by atoms with Gasteiger partial charge < -0.3 is 5.11 Å². The van der Waals surface area contributed by atoms with Gasteiger partial charge in [-0.2, -0.15) is 13.2 Å². The predicted molar refractivity (Wildman–Crippen MR) is 88.9 cm³/mol. The van der Waals surface area contributed by atoms with Gasteiger partial charge in [-0.05, 0) is 22.8 Å². The minimum Gasteiger partial charge on any atom is -0.376 e. The molecule has 1 aromatic heterocycles. The molecule has 128 valence electrons. The first-order valence-corrected chi connectivity index (χ1v) is 7.74. The van der Waals surface area contributed by atoms with Crippen LogP contribution in [0.3, 0.4) is 0 Å². The maximum Gasteiger partial charge on any atom is 0.422 e. The largest absolute Gasteiger partial charge is 0.422 e. The van der Waals surface area contributed by atoms with E-state index in [4.69, 9.17) is 0 Å². The number of benzene rings is 2. The molecule has 0 aliphatic carbocycles. The molecule has 0 radical (unpaired) electrons. The molecule has 0 saturated heterocycles. The second-order valence-corrected chi connectivity index (χ2v) is 5.76. The summed E-state index contributed by atoms with van der Waals surface area (Å²) in [6.07, 6.45) is -2.04. The lowest BCUT2D eigenvalue weighted by atomic mass is 9.73. The van der Waals surface area contributed by atoms with E-state index < -0.39 is 17.7 Å². The van der Waals surface area contributed by atoms with E-state index in [-0.39, 0.29) is 11.1 Å². The third-order valence-corrected chi connectivity index (χ3v) is 4.21. The Balaban J connectivity index is 2.29. The zero-order valence-electron chi connectivity index (χ0n) is 13.2. The van der Waals surface area contributed by atoms with Gasteiger partial charge in [0.1, 0.15) is 0 Å². The average molecular weight is 343 g/mol. The van der Waals surface area contributed by atoms with E-state index in [0.717, 1.165) is 0 Å². The molecule has 0 amide bonds. The van der Waals surface area contributed by atoms with Gasteiger partial charge in [-0.25, -0.2) is 0 Å². The first-order valence-electron chi connectivity index (χ1n) is 7.74. The number of aliphatic hydroxyl groups is 1. The minimum absolute atomic E-state index is 0.208. The van der Waals surface area contributed by atoms with E-state index in [1.807, 2.05) is 0 Å². The van der Waals surface area contributed by atoms with Crippen molar-refractivity contribution in [1.29, 1.82) is 0 Å². The summed E-state index contributed by atoms with van der Waals surface area (Å²) in [4.78, 5) is 3.94. The van der Waals surface area contributed by atoms with Crippen LogP contribution in [0.5, 0.6) is 0 Å². The highest BCUT2D eigenvalue weighted by molar-refractivity contribution is 5.40. The first-order chi connectivity index (χ1) is 11.9. The minimum atomic E-state index is -4.88. The summed E-state index contributed by atoms with van der Waals surface area (Å²) in [5.74, 6) is -1.34. The highest BCUT2D eigenvalue weighted by Crippen LogP contribution is 2.51. The maximum absolute atomic E-state index is 14.1. The molecule has 3 aromatic rings. The van der Waals surface area contributed by atoms with Gasteiger partial charge in [0.05, 0.1) is 5.92 Å². The van der Waals surface area contributed by atoms with E-state index in [1.165, 1.54) is 36.7 Å². The number of aromatic nitrogens is 1. The molecule has 0 unspecified atom stereocenters. The van der Waals surface area contributed by atoms with Crippen molar-refractivity contribution >= 4 is 0 Å². The van der Waals surface area contributed by atoms with Crippen molar-refractivity contribution in [3.8, 4) is 0 Å². The van der Waals surface area contributed by atoms with Crippen LogP contribution in [0.4, 0.5) is 13.2 Å². The predicted octanol–water partition coefficient (Wildman–Crippen LogP) is 4.66. The Kier molecular flexibility index (Phi) is 4.59. The third-order valence-electron chi connectivity index (χ3n) is 4.21. The summed E-state index contributed by atoms with van der Waals surface area (Å²) < 4.78 is 42.4. The van der Waals surface area contributed by atoms with Gasteiger partial charge in [0.2, 0.25) is 0 Å². The van der Waals surface area contributed by atoms with Crippen LogP contribution in [0, 0.1) is 0 Å². The maximum atomic E-state index is 14.1. The number of hydrogen-bond donors (Lipinski definition) is 1. The van der Waals surface area contributed by atoms with Gasteiger partial charge in [0.15, 0.2) is 5.60 Å². The van der Waals surface area contributed by atoms with Crippen molar-refractivity contribution in [2.45, 2.75) is 17.7 Å². The van der Waals surface area contributed by atoms with Crippen LogP contribution >= 0.6 is 0 Å². The second-order valence-electron chi connectivity index (χ2n) is 5.76. The van der Waals surface area contributed by atoms with Gasteiger partial charge in [-0.15, -0.1) is 0 Å². The van der Waals surface area contributed by atoms with Gasteiger partial charge >= 0.3 is 6.18 Å². The molecule has 1 N–H and O–H groups in total. The molecule has 0 aliphatic heterocycles. The summed E-state index contributed by atoms with van der Waals surface area (Å²) in [6, 6.07) is 18.5. The molecule has 0 spiro atoms. The van der Waals surface area contributed by atoms with Crippen molar-refractivity contribution in [2.24, 2.45) is 0 Å². The Bertz CT molecular complexity index is 767. The first kappa shape index (κ1) is 17.2. The molecule has 25 heavy (non-hydrogen) atoms. The SMILES string of the molecule is O[C@](c1ccccc1)([C@H](c1ccccc1)c1cccnc1)C(F)(F)F. The van der Waals surface area contributed by atoms with Gasteiger partial charge in [0.25, 0.3) is 0 Å². The lowest BCUT2D eigenvalue weighted by molar-refractivity contribution is -0.272. The lowest BCUT2D eigenvalue weighted by Gasteiger charge is -2.38.